The molecule has 0 atom stereocenters. The van der Waals surface area contributed by atoms with Crippen molar-refractivity contribution in [3.8, 4) is 0 Å². The molecular weight excluding hydrogens is 276 g/mol. The zero-order chi connectivity index (χ0) is 14.9. The molecule has 0 spiro atoms. The zero-order valence-electron chi connectivity index (χ0n) is 13.4. The van der Waals surface area contributed by atoms with Crippen molar-refractivity contribution in [2.75, 3.05) is 42.2 Å². The third-order valence-electron chi connectivity index (χ3n) is 4.43. The van der Waals surface area contributed by atoms with Gasteiger partial charge in [-0.2, -0.15) is 12.6 Å². The number of anilines is 2. The third-order valence-corrected chi connectivity index (χ3v) is 4.74. The molecule has 2 nitrogen and oxygen atoms in total. The zero-order valence-corrected chi connectivity index (χ0v) is 14.3. The summed E-state index contributed by atoms with van der Waals surface area (Å²) in [5.41, 5.74) is 2.80. The first-order valence-electron chi connectivity index (χ1n) is 8.49. The Morgan fingerprint density at radius 3 is 2.19 bits per heavy atom. The summed E-state index contributed by atoms with van der Waals surface area (Å²) in [6.45, 7) is 3.51. The van der Waals surface area contributed by atoms with E-state index >= 15 is 0 Å². The number of unbranched alkanes of at least 4 members (excludes halogenated alkanes) is 6. The second-order valence-corrected chi connectivity index (χ2v) is 6.54. The molecule has 0 aromatic heterocycles. The van der Waals surface area contributed by atoms with Crippen molar-refractivity contribution in [2.45, 2.75) is 44.9 Å². The lowest BCUT2D eigenvalue weighted by molar-refractivity contribution is 0.582. The summed E-state index contributed by atoms with van der Waals surface area (Å²) in [5.74, 6) is 1.04. The number of fused-ring (bicyclic) bond motifs is 1. The molecule has 0 amide bonds. The van der Waals surface area contributed by atoms with Gasteiger partial charge in [0.05, 0.1) is 11.4 Å². The van der Waals surface area contributed by atoms with Gasteiger partial charge < -0.3 is 9.80 Å². The Kier molecular flexibility index (Phi) is 7.28. The van der Waals surface area contributed by atoms with Crippen molar-refractivity contribution in [1.29, 1.82) is 0 Å². The summed E-state index contributed by atoms with van der Waals surface area (Å²) in [6.07, 6.45) is 9.50. The van der Waals surface area contributed by atoms with Gasteiger partial charge in [0.25, 0.3) is 0 Å². The van der Waals surface area contributed by atoms with E-state index in [0.717, 1.165) is 18.8 Å². The quantitative estimate of drug-likeness (QED) is 0.526. The molecule has 0 radical (unpaired) electrons. The SMILES string of the molecule is CN1CCN(CCCCCCCCCS)c2ccccc21. The number of hydrogen-bond acceptors (Lipinski definition) is 3. The lowest BCUT2D eigenvalue weighted by atomic mass is 10.1. The fourth-order valence-corrected chi connectivity index (χ4v) is 3.32. The molecule has 0 unspecified atom stereocenters. The Bertz CT molecular complexity index is 408. The molecule has 1 aromatic carbocycles. The maximum absolute atomic E-state index is 4.26. The predicted molar refractivity (Wildman–Crippen MR) is 98.1 cm³/mol. The van der Waals surface area contributed by atoms with Crippen molar-refractivity contribution < 1.29 is 0 Å². The van der Waals surface area contributed by atoms with E-state index in [4.69, 9.17) is 0 Å². The predicted octanol–water partition coefficient (Wildman–Crippen LogP) is 4.60. The summed E-state index contributed by atoms with van der Waals surface area (Å²) in [4.78, 5) is 4.93. The lowest BCUT2D eigenvalue weighted by Crippen LogP contribution is -2.39. The fraction of sp³-hybridized carbons (Fsp3) is 0.667. The molecule has 1 aliphatic heterocycles. The van der Waals surface area contributed by atoms with Crippen LogP contribution in [-0.2, 0) is 0 Å². The smallest absolute Gasteiger partial charge is 0.0604 e. The minimum absolute atomic E-state index is 1.04. The maximum Gasteiger partial charge on any atom is 0.0604 e. The van der Waals surface area contributed by atoms with Crippen molar-refractivity contribution >= 4 is 24.0 Å². The highest BCUT2D eigenvalue weighted by Crippen LogP contribution is 2.31. The van der Waals surface area contributed by atoms with E-state index in [-0.39, 0.29) is 0 Å². The first kappa shape index (κ1) is 16.5. The second-order valence-electron chi connectivity index (χ2n) is 6.10. The monoisotopic (exact) mass is 306 g/mol. The number of rotatable bonds is 9. The number of thiol groups is 1. The van der Waals surface area contributed by atoms with Crippen molar-refractivity contribution in [1.82, 2.24) is 0 Å². The van der Waals surface area contributed by atoms with Gasteiger partial charge in [0.1, 0.15) is 0 Å². The van der Waals surface area contributed by atoms with Crippen LogP contribution in [0, 0.1) is 0 Å². The van der Waals surface area contributed by atoms with Crippen LogP contribution in [0.2, 0.25) is 0 Å². The van der Waals surface area contributed by atoms with Crippen LogP contribution < -0.4 is 9.80 Å². The van der Waals surface area contributed by atoms with Crippen molar-refractivity contribution in [3.63, 3.8) is 0 Å². The molecule has 2 rings (SSSR count). The van der Waals surface area contributed by atoms with Crippen LogP contribution in [0.25, 0.3) is 0 Å². The number of likely N-dealkylation sites (N-methyl/N-ethyl adjacent to an activating group) is 1. The summed E-state index contributed by atoms with van der Waals surface area (Å²) >= 11 is 4.26. The van der Waals surface area contributed by atoms with Gasteiger partial charge in [0, 0.05) is 26.7 Å². The number of benzene rings is 1. The van der Waals surface area contributed by atoms with E-state index in [9.17, 15) is 0 Å². The van der Waals surface area contributed by atoms with Gasteiger partial charge in [0.2, 0.25) is 0 Å². The van der Waals surface area contributed by atoms with Crippen molar-refractivity contribution in [3.05, 3.63) is 24.3 Å². The molecule has 3 heteroatoms. The van der Waals surface area contributed by atoms with Gasteiger partial charge in [-0.3, -0.25) is 0 Å². The Morgan fingerprint density at radius 1 is 0.857 bits per heavy atom. The Hall–Kier alpha value is -0.830. The molecule has 0 saturated carbocycles. The average Bonchev–Trinajstić information content (AvgIpc) is 2.52. The van der Waals surface area contributed by atoms with Crippen molar-refractivity contribution in [2.24, 2.45) is 0 Å². The molecule has 118 valence electrons. The third kappa shape index (κ3) is 5.14. The van der Waals surface area contributed by atoms with Crippen LogP contribution >= 0.6 is 12.6 Å². The van der Waals surface area contributed by atoms with Gasteiger partial charge >= 0.3 is 0 Å². The van der Waals surface area contributed by atoms with Crippen LogP contribution in [0.1, 0.15) is 44.9 Å². The Morgan fingerprint density at radius 2 is 1.48 bits per heavy atom. The summed E-state index contributed by atoms with van der Waals surface area (Å²) in [5, 5.41) is 0. The highest BCUT2D eigenvalue weighted by molar-refractivity contribution is 7.80. The van der Waals surface area contributed by atoms with Gasteiger partial charge in [-0.25, -0.2) is 0 Å². The van der Waals surface area contributed by atoms with E-state index in [1.807, 2.05) is 0 Å². The molecule has 0 N–H and O–H groups in total. The summed E-state index contributed by atoms with van der Waals surface area (Å²) in [7, 11) is 2.20. The molecule has 21 heavy (non-hydrogen) atoms. The fourth-order valence-electron chi connectivity index (χ4n) is 3.10. The van der Waals surface area contributed by atoms with Gasteiger partial charge in [0.15, 0.2) is 0 Å². The van der Waals surface area contributed by atoms with Crippen LogP contribution in [0.4, 0.5) is 11.4 Å². The van der Waals surface area contributed by atoms with Crippen LogP contribution in [0.5, 0.6) is 0 Å². The normalized spacial score (nSPS) is 14.4. The molecule has 0 aliphatic carbocycles. The molecular formula is C18H30N2S. The van der Waals surface area contributed by atoms with E-state index in [2.05, 4.69) is 53.7 Å². The van der Waals surface area contributed by atoms with Gasteiger partial charge in [-0.05, 0) is 30.7 Å². The topological polar surface area (TPSA) is 6.48 Å². The largest absolute Gasteiger partial charge is 0.371 e. The van der Waals surface area contributed by atoms with Crippen LogP contribution in [-0.4, -0.2) is 32.4 Å². The molecule has 0 bridgehead atoms. The highest BCUT2D eigenvalue weighted by Gasteiger charge is 2.18. The lowest BCUT2D eigenvalue weighted by Gasteiger charge is -2.37. The Balaban J connectivity index is 1.66. The first-order chi connectivity index (χ1) is 10.3. The van der Waals surface area contributed by atoms with Crippen LogP contribution in [0.15, 0.2) is 24.3 Å². The number of nitrogens with zero attached hydrogens (tertiary/aromatic N) is 2. The number of hydrogen-bond donors (Lipinski definition) is 1. The van der Waals surface area contributed by atoms with Gasteiger partial charge in [-0.15, -0.1) is 0 Å². The van der Waals surface area contributed by atoms with Crippen LogP contribution in [0.3, 0.4) is 0 Å². The van der Waals surface area contributed by atoms with E-state index < -0.39 is 0 Å². The summed E-state index contributed by atoms with van der Waals surface area (Å²) in [6, 6.07) is 8.81. The molecule has 0 fully saturated rings. The number of para-hydroxylation sites is 2. The van der Waals surface area contributed by atoms with E-state index in [1.165, 1.54) is 62.9 Å². The minimum Gasteiger partial charge on any atom is -0.371 e. The molecule has 1 aromatic rings. The summed E-state index contributed by atoms with van der Waals surface area (Å²) < 4.78 is 0. The van der Waals surface area contributed by atoms with E-state index in [0.29, 0.717) is 0 Å². The second kappa shape index (κ2) is 9.24. The molecule has 0 saturated heterocycles. The maximum atomic E-state index is 4.26. The standard InChI is InChI=1S/C18H30N2S/c1-19-14-15-20(18-12-8-7-11-17(18)19)13-9-5-3-2-4-6-10-16-21/h7-8,11-12,21H,2-6,9-10,13-16H2,1H3. The van der Waals surface area contributed by atoms with E-state index in [1.54, 1.807) is 0 Å². The van der Waals surface area contributed by atoms with Gasteiger partial charge in [-0.1, -0.05) is 44.2 Å². The average molecular weight is 307 g/mol. The highest BCUT2D eigenvalue weighted by atomic mass is 32.1. The molecule has 1 aliphatic rings. The minimum atomic E-state index is 1.04. The first-order valence-corrected chi connectivity index (χ1v) is 9.12. The molecule has 1 heterocycles. The Labute approximate surface area is 135 Å².